The Morgan fingerprint density at radius 3 is 2.57 bits per heavy atom. The Balaban J connectivity index is 2.02. The van der Waals surface area contributed by atoms with Gasteiger partial charge >= 0.3 is 0 Å². The molecule has 122 valence electrons. The number of carbonyl (C=O) groups excluding carboxylic acids is 1. The van der Waals surface area contributed by atoms with Crippen LogP contribution in [0, 0.1) is 18.7 Å². The number of aromatic nitrogens is 2. The van der Waals surface area contributed by atoms with Gasteiger partial charge in [-0.2, -0.15) is 0 Å². The lowest BCUT2D eigenvalue weighted by Crippen LogP contribution is -2.24. The molecule has 1 amide bonds. The van der Waals surface area contributed by atoms with Crippen molar-refractivity contribution in [1.29, 1.82) is 0 Å². The Labute approximate surface area is 135 Å². The van der Waals surface area contributed by atoms with Gasteiger partial charge in [-0.1, -0.05) is 26.0 Å². The van der Waals surface area contributed by atoms with Crippen molar-refractivity contribution in [3.63, 3.8) is 0 Å². The molecule has 0 aliphatic heterocycles. The molecule has 0 aliphatic rings. The molecule has 5 nitrogen and oxygen atoms in total. The van der Waals surface area contributed by atoms with Crippen LogP contribution in [-0.4, -0.2) is 22.4 Å². The van der Waals surface area contributed by atoms with Crippen molar-refractivity contribution in [3.05, 3.63) is 53.2 Å². The number of nitrogens with one attached hydrogen (secondary N) is 2. The van der Waals surface area contributed by atoms with E-state index in [1.165, 1.54) is 12.1 Å². The number of rotatable bonds is 6. The van der Waals surface area contributed by atoms with Gasteiger partial charge in [-0.3, -0.25) is 4.79 Å². The molecule has 0 saturated carbocycles. The Kier molecular flexibility index (Phi) is 5.62. The van der Waals surface area contributed by atoms with Gasteiger partial charge < -0.3 is 10.6 Å². The average Bonchev–Trinajstić information content (AvgIpc) is 2.51. The van der Waals surface area contributed by atoms with Gasteiger partial charge in [0.2, 0.25) is 0 Å². The second kappa shape index (κ2) is 7.67. The summed E-state index contributed by atoms with van der Waals surface area (Å²) >= 11 is 0. The second-order valence-electron chi connectivity index (χ2n) is 5.77. The molecule has 2 aromatic rings. The molecule has 0 spiro atoms. The fourth-order valence-electron chi connectivity index (χ4n) is 1.96. The van der Waals surface area contributed by atoms with Crippen LogP contribution in [0.5, 0.6) is 0 Å². The van der Waals surface area contributed by atoms with E-state index >= 15 is 0 Å². The van der Waals surface area contributed by atoms with E-state index in [9.17, 15) is 9.18 Å². The summed E-state index contributed by atoms with van der Waals surface area (Å²) in [5, 5.41) is 5.96. The van der Waals surface area contributed by atoms with Crippen LogP contribution in [0.3, 0.4) is 0 Å². The van der Waals surface area contributed by atoms with E-state index < -0.39 is 0 Å². The molecule has 0 unspecified atom stereocenters. The van der Waals surface area contributed by atoms with Gasteiger partial charge in [-0.25, -0.2) is 14.4 Å². The molecule has 0 aliphatic carbocycles. The summed E-state index contributed by atoms with van der Waals surface area (Å²) < 4.78 is 12.9. The van der Waals surface area contributed by atoms with Gasteiger partial charge in [0.15, 0.2) is 0 Å². The third kappa shape index (κ3) is 5.32. The minimum atomic E-state index is -0.299. The summed E-state index contributed by atoms with van der Waals surface area (Å²) in [6.45, 7) is 7.02. The molecule has 6 heteroatoms. The van der Waals surface area contributed by atoms with Crippen molar-refractivity contribution >= 4 is 11.7 Å². The van der Waals surface area contributed by atoms with Gasteiger partial charge in [0, 0.05) is 19.2 Å². The van der Waals surface area contributed by atoms with Crippen LogP contribution in [0.25, 0.3) is 0 Å². The molecular weight excluding hydrogens is 295 g/mol. The summed E-state index contributed by atoms with van der Waals surface area (Å²) in [5.41, 5.74) is 1.13. The van der Waals surface area contributed by atoms with E-state index in [-0.39, 0.29) is 11.7 Å². The second-order valence-corrected chi connectivity index (χ2v) is 5.77. The van der Waals surface area contributed by atoms with Crippen molar-refractivity contribution in [2.45, 2.75) is 27.3 Å². The standard InChI is InChI=1S/C17H21FN4O/c1-11(2)9-19-16-8-15(21-12(3)22-16)17(23)20-10-13-4-6-14(18)7-5-13/h4-8,11H,9-10H2,1-3H3,(H,20,23)(H,19,21,22). The van der Waals surface area contributed by atoms with E-state index in [1.807, 2.05) is 0 Å². The third-order valence-corrected chi connectivity index (χ3v) is 3.13. The number of hydrogen-bond acceptors (Lipinski definition) is 4. The summed E-state index contributed by atoms with van der Waals surface area (Å²) in [5.74, 6) is 1.06. The number of benzene rings is 1. The molecule has 0 atom stereocenters. The van der Waals surface area contributed by atoms with E-state index in [0.29, 0.717) is 29.8 Å². The van der Waals surface area contributed by atoms with Gasteiger partial charge in [0.05, 0.1) is 0 Å². The minimum absolute atomic E-state index is 0.285. The highest BCUT2D eigenvalue weighted by molar-refractivity contribution is 5.92. The van der Waals surface area contributed by atoms with Gasteiger partial charge in [-0.05, 0) is 30.5 Å². The van der Waals surface area contributed by atoms with Crippen molar-refractivity contribution in [2.75, 3.05) is 11.9 Å². The fraction of sp³-hybridized carbons (Fsp3) is 0.353. The number of carbonyl (C=O) groups is 1. The van der Waals surface area contributed by atoms with E-state index in [1.54, 1.807) is 25.1 Å². The fourth-order valence-corrected chi connectivity index (χ4v) is 1.96. The van der Waals surface area contributed by atoms with Crippen LogP contribution in [0.1, 0.15) is 35.7 Å². The number of anilines is 1. The summed E-state index contributed by atoms with van der Waals surface area (Å²) in [6.07, 6.45) is 0. The molecule has 23 heavy (non-hydrogen) atoms. The van der Waals surface area contributed by atoms with Crippen molar-refractivity contribution in [2.24, 2.45) is 5.92 Å². The van der Waals surface area contributed by atoms with Crippen LogP contribution < -0.4 is 10.6 Å². The minimum Gasteiger partial charge on any atom is -0.370 e. The zero-order valence-electron chi connectivity index (χ0n) is 13.6. The van der Waals surface area contributed by atoms with Crippen LogP contribution in [0.4, 0.5) is 10.2 Å². The molecule has 1 aromatic heterocycles. The quantitative estimate of drug-likeness (QED) is 0.860. The number of halogens is 1. The Bertz CT molecular complexity index is 671. The van der Waals surface area contributed by atoms with Crippen LogP contribution in [0.2, 0.25) is 0 Å². The zero-order valence-corrected chi connectivity index (χ0v) is 13.6. The van der Waals surface area contributed by atoms with Crippen molar-refractivity contribution in [1.82, 2.24) is 15.3 Å². The molecule has 0 bridgehead atoms. The van der Waals surface area contributed by atoms with Crippen LogP contribution in [-0.2, 0) is 6.54 Å². The SMILES string of the molecule is Cc1nc(NCC(C)C)cc(C(=O)NCc2ccc(F)cc2)n1. The lowest BCUT2D eigenvalue weighted by molar-refractivity contribution is 0.0945. The number of aryl methyl sites for hydroxylation is 1. The van der Waals surface area contributed by atoms with Crippen molar-refractivity contribution in [3.8, 4) is 0 Å². The Morgan fingerprint density at radius 1 is 1.22 bits per heavy atom. The summed E-state index contributed by atoms with van der Waals surface area (Å²) in [6, 6.07) is 7.64. The molecule has 1 aromatic carbocycles. The topological polar surface area (TPSA) is 66.9 Å². The molecule has 1 heterocycles. The first-order valence-corrected chi connectivity index (χ1v) is 7.56. The number of amides is 1. The van der Waals surface area contributed by atoms with Crippen LogP contribution >= 0.6 is 0 Å². The van der Waals surface area contributed by atoms with E-state index in [2.05, 4.69) is 34.4 Å². The predicted molar refractivity (Wildman–Crippen MR) is 87.7 cm³/mol. The molecule has 2 N–H and O–H groups in total. The Morgan fingerprint density at radius 2 is 1.91 bits per heavy atom. The lowest BCUT2D eigenvalue weighted by atomic mass is 10.2. The van der Waals surface area contributed by atoms with Gasteiger partial charge in [0.1, 0.15) is 23.2 Å². The predicted octanol–water partition coefficient (Wildman–Crippen LogP) is 2.92. The maximum atomic E-state index is 12.9. The lowest BCUT2D eigenvalue weighted by Gasteiger charge is -2.10. The largest absolute Gasteiger partial charge is 0.370 e. The van der Waals surface area contributed by atoms with Crippen LogP contribution in [0.15, 0.2) is 30.3 Å². The monoisotopic (exact) mass is 316 g/mol. The summed E-state index contributed by atoms with van der Waals surface area (Å²) in [7, 11) is 0. The number of nitrogens with zero attached hydrogens (tertiary/aromatic N) is 2. The third-order valence-electron chi connectivity index (χ3n) is 3.13. The van der Waals surface area contributed by atoms with Gasteiger partial charge in [0.25, 0.3) is 5.91 Å². The normalized spacial score (nSPS) is 10.7. The molecule has 2 rings (SSSR count). The molecule has 0 fully saturated rings. The molecule has 0 radical (unpaired) electrons. The zero-order chi connectivity index (χ0) is 16.8. The average molecular weight is 316 g/mol. The van der Waals surface area contributed by atoms with Crippen molar-refractivity contribution < 1.29 is 9.18 Å². The van der Waals surface area contributed by atoms with E-state index in [4.69, 9.17) is 0 Å². The molecular formula is C17H21FN4O. The first kappa shape index (κ1) is 16.9. The maximum absolute atomic E-state index is 12.9. The molecule has 0 saturated heterocycles. The highest BCUT2D eigenvalue weighted by Gasteiger charge is 2.10. The first-order valence-electron chi connectivity index (χ1n) is 7.56. The Hall–Kier alpha value is -2.50. The van der Waals surface area contributed by atoms with Gasteiger partial charge in [-0.15, -0.1) is 0 Å². The smallest absolute Gasteiger partial charge is 0.270 e. The number of hydrogen-bond donors (Lipinski definition) is 2. The first-order chi connectivity index (χ1) is 10.9. The highest BCUT2D eigenvalue weighted by atomic mass is 19.1. The maximum Gasteiger partial charge on any atom is 0.270 e. The highest BCUT2D eigenvalue weighted by Crippen LogP contribution is 2.08. The van der Waals surface area contributed by atoms with E-state index in [0.717, 1.165) is 12.1 Å². The summed E-state index contributed by atoms with van der Waals surface area (Å²) in [4.78, 5) is 20.7.